The van der Waals surface area contributed by atoms with Crippen molar-refractivity contribution in [2.24, 2.45) is 0 Å². The second-order valence-corrected chi connectivity index (χ2v) is 6.01. The molecule has 0 saturated heterocycles. The molecular formula is C13H24ClNO2. The van der Waals surface area contributed by atoms with Gasteiger partial charge in [0.2, 0.25) is 5.91 Å². The maximum absolute atomic E-state index is 11.9. The van der Waals surface area contributed by atoms with E-state index in [0.717, 1.165) is 12.8 Å². The molecule has 4 heteroatoms. The lowest BCUT2D eigenvalue weighted by atomic mass is 9.95. The number of carbonyl (C=O) groups excluding carboxylic acids is 1. The fourth-order valence-electron chi connectivity index (χ4n) is 2.15. The molecule has 1 atom stereocenters. The molecule has 1 rings (SSSR count). The van der Waals surface area contributed by atoms with Crippen LogP contribution in [0.1, 0.15) is 52.4 Å². The molecule has 0 heterocycles. The van der Waals surface area contributed by atoms with Crippen LogP contribution in [0, 0.1) is 0 Å². The number of nitrogens with one attached hydrogen (secondary N) is 1. The van der Waals surface area contributed by atoms with Gasteiger partial charge in [0.05, 0.1) is 5.60 Å². The zero-order chi connectivity index (χ0) is 12.9. The molecule has 1 aliphatic rings. The van der Waals surface area contributed by atoms with Crippen LogP contribution in [0.15, 0.2) is 0 Å². The largest absolute Gasteiger partial charge is 0.379 e. The van der Waals surface area contributed by atoms with Crippen molar-refractivity contribution >= 4 is 17.5 Å². The molecule has 0 spiro atoms. The van der Waals surface area contributed by atoms with E-state index in [1.165, 1.54) is 19.3 Å². The Morgan fingerprint density at radius 3 is 2.53 bits per heavy atom. The first-order valence-electron chi connectivity index (χ1n) is 6.44. The van der Waals surface area contributed by atoms with E-state index in [1.54, 1.807) is 7.11 Å². The third kappa shape index (κ3) is 5.26. The Bertz CT molecular complexity index is 250. The summed E-state index contributed by atoms with van der Waals surface area (Å²) in [5, 5.41) is 2.53. The van der Waals surface area contributed by atoms with Gasteiger partial charge < -0.3 is 10.1 Å². The normalized spacial score (nSPS) is 20.0. The Morgan fingerprint density at radius 2 is 2.00 bits per heavy atom. The summed E-state index contributed by atoms with van der Waals surface area (Å²) in [7, 11) is 1.64. The summed E-state index contributed by atoms with van der Waals surface area (Å²) in [6.45, 7) is 3.88. The van der Waals surface area contributed by atoms with Crippen LogP contribution in [0.5, 0.6) is 0 Å². The molecule has 1 saturated carbocycles. The van der Waals surface area contributed by atoms with Gasteiger partial charge in [-0.25, -0.2) is 0 Å². The summed E-state index contributed by atoms with van der Waals surface area (Å²) in [6.07, 6.45) is 6.41. The van der Waals surface area contributed by atoms with Crippen LogP contribution in [-0.2, 0) is 9.53 Å². The highest BCUT2D eigenvalue weighted by Crippen LogP contribution is 2.21. The number of methoxy groups -OCH3 is 1. The Balaban J connectivity index is 2.35. The molecule has 1 aliphatic carbocycles. The Morgan fingerprint density at radius 1 is 1.41 bits per heavy atom. The van der Waals surface area contributed by atoms with E-state index in [9.17, 15) is 4.79 Å². The number of carbonyl (C=O) groups is 1. The Hall–Kier alpha value is -0.280. The molecule has 0 bridgehead atoms. The van der Waals surface area contributed by atoms with E-state index >= 15 is 0 Å². The first kappa shape index (κ1) is 14.8. The van der Waals surface area contributed by atoms with Gasteiger partial charge in [0, 0.05) is 19.6 Å². The van der Waals surface area contributed by atoms with Gasteiger partial charge in [-0.2, -0.15) is 0 Å². The second-order valence-electron chi connectivity index (χ2n) is 5.48. The highest BCUT2D eigenvalue weighted by molar-refractivity contribution is 6.30. The number of halogens is 1. The van der Waals surface area contributed by atoms with E-state index in [2.05, 4.69) is 5.32 Å². The quantitative estimate of drug-likeness (QED) is 0.773. The van der Waals surface area contributed by atoms with Crippen molar-refractivity contribution in [1.29, 1.82) is 0 Å². The van der Waals surface area contributed by atoms with E-state index < -0.39 is 5.38 Å². The Labute approximate surface area is 109 Å². The van der Waals surface area contributed by atoms with E-state index in [4.69, 9.17) is 16.3 Å². The number of amides is 1. The zero-order valence-electron chi connectivity index (χ0n) is 11.1. The maximum Gasteiger partial charge on any atom is 0.238 e. The number of rotatable bonds is 5. The predicted molar refractivity (Wildman–Crippen MR) is 70.4 cm³/mol. The smallest absolute Gasteiger partial charge is 0.238 e. The number of alkyl halides is 1. The average Bonchev–Trinajstić information content (AvgIpc) is 2.30. The van der Waals surface area contributed by atoms with Gasteiger partial charge in [0.15, 0.2) is 0 Å². The van der Waals surface area contributed by atoms with Gasteiger partial charge in [-0.15, -0.1) is 11.6 Å². The van der Waals surface area contributed by atoms with Crippen LogP contribution in [0.2, 0.25) is 0 Å². The highest BCUT2D eigenvalue weighted by Gasteiger charge is 2.27. The van der Waals surface area contributed by atoms with Crippen molar-refractivity contribution in [3.8, 4) is 0 Å². The molecule has 0 aromatic heterocycles. The highest BCUT2D eigenvalue weighted by atomic mass is 35.5. The lowest BCUT2D eigenvalue weighted by molar-refractivity contribution is -0.123. The summed E-state index contributed by atoms with van der Waals surface area (Å²) in [5.41, 5.74) is -0.351. The maximum atomic E-state index is 11.9. The van der Waals surface area contributed by atoms with Crippen LogP contribution in [0.25, 0.3) is 0 Å². The van der Waals surface area contributed by atoms with Crippen LogP contribution >= 0.6 is 11.6 Å². The van der Waals surface area contributed by atoms with Crippen LogP contribution < -0.4 is 5.32 Å². The molecule has 1 fully saturated rings. The summed E-state index contributed by atoms with van der Waals surface area (Å²) < 4.78 is 5.28. The van der Waals surface area contributed by atoms with Crippen molar-refractivity contribution < 1.29 is 9.53 Å². The topological polar surface area (TPSA) is 38.3 Å². The van der Waals surface area contributed by atoms with Gasteiger partial charge in [0.1, 0.15) is 5.38 Å². The average molecular weight is 262 g/mol. The zero-order valence-corrected chi connectivity index (χ0v) is 11.8. The van der Waals surface area contributed by atoms with Gasteiger partial charge in [-0.05, 0) is 26.7 Å². The summed E-state index contributed by atoms with van der Waals surface area (Å²) in [5.74, 6) is -0.0521. The third-order valence-electron chi connectivity index (χ3n) is 3.46. The molecule has 1 amide bonds. The molecule has 0 radical (unpaired) electrons. The van der Waals surface area contributed by atoms with Crippen molar-refractivity contribution in [3.63, 3.8) is 0 Å². The molecule has 3 nitrogen and oxygen atoms in total. The third-order valence-corrected chi connectivity index (χ3v) is 3.81. The first-order valence-corrected chi connectivity index (χ1v) is 6.88. The monoisotopic (exact) mass is 261 g/mol. The fraction of sp³-hybridized carbons (Fsp3) is 0.923. The molecule has 0 aromatic carbocycles. The second kappa shape index (κ2) is 6.60. The number of hydrogen-bond donors (Lipinski definition) is 1. The molecule has 0 aromatic rings. The molecule has 0 aliphatic heterocycles. The summed E-state index contributed by atoms with van der Waals surface area (Å²) in [4.78, 5) is 11.9. The lowest BCUT2D eigenvalue weighted by Crippen LogP contribution is -2.42. The SMILES string of the molecule is COC(C)(C)CC(Cl)C(=O)NC1CCCCC1. The van der Waals surface area contributed by atoms with E-state index in [1.807, 2.05) is 13.8 Å². The number of ether oxygens (including phenoxy) is 1. The van der Waals surface area contributed by atoms with Crippen LogP contribution in [0.4, 0.5) is 0 Å². The van der Waals surface area contributed by atoms with Crippen molar-refractivity contribution in [1.82, 2.24) is 5.32 Å². The molecular weight excluding hydrogens is 238 g/mol. The molecule has 1 N–H and O–H groups in total. The van der Waals surface area contributed by atoms with Crippen molar-refractivity contribution in [2.75, 3.05) is 7.11 Å². The van der Waals surface area contributed by atoms with Gasteiger partial charge in [-0.3, -0.25) is 4.79 Å². The summed E-state index contributed by atoms with van der Waals surface area (Å²) >= 11 is 6.12. The standard InChI is InChI=1S/C13H24ClNO2/c1-13(2,17-3)9-11(14)12(16)15-10-7-5-4-6-8-10/h10-11H,4-9H2,1-3H3,(H,15,16). The van der Waals surface area contributed by atoms with E-state index in [0.29, 0.717) is 12.5 Å². The molecule has 17 heavy (non-hydrogen) atoms. The molecule has 100 valence electrons. The van der Waals surface area contributed by atoms with Crippen molar-refractivity contribution in [2.45, 2.75) is 69.4 Å². The predicted octanol–water partition coefficient (Wildman–Crippen LogP) is 2.86. The van der Waals surface area contributed by atoms with Crippen LogP contribution in [-0.4, -0.2) is 30.0 Å². The van der Waals surface area contributed by atoms with Crippen molar-refractivity contribution in [3.05, 3.63) is 0 Å². The minimum atomic E-state index is -0.508. The minimum absolute atomic E-state index is 0.0521. The lowest BCUT2D eigenvalue weighted by Gasteiger charge is -2.27. The van der Waals surface area contributed by atoms with Gasteiger partial charge >= 0.3 is 0 Å². The molecule has 1 unspecified atom stereocenters. The fourth-order valence-corrected chi connectivity index (χ4v) is 2.58. The first-order chi connectivity index (χ1) is 7.94. The minimum Gasteiger partial charge on any atom is -0.379 e. The van der Waals surface area contributed by atoms with E-state index in [-0.39, 0.29) is 11.5 Å². The van der Waals surface area contributed by atoms with Gasteiger partial charge in [0.25, 0.3) is 0 Å². The van der Waals surface area contributed by atoms with Crippen LogP contribution in [0.3, 0.4) is 0 Å². The summed E-state index contributed by atoms with van der Waals surface area (Å²) in [6, 6.07) is 0.322. The Kier molecular flexibility index (Phi) is 5.74. The number of hydrogen-bond acceptors (Lipinski definition) is 2. The van der Waals surface area contributed by atoms with Gasteiger partial charge in [-0.1, -0.05) is 19.3 Å².